The second-order valence-electron chi connectivity index (χ2n) is 3.72. The number of benzene rings is 1. The largest absolute Gasteiger partial charge is 0.424 e. The Kier molecular flexibility index (Phi) is 4.40. The third-order valence-corrected chi connectivity index (χ3v) is 3.30. The highest BCUT2D eigenvalue weighted by Gasteiger charge is 2.11. The van der Waals surface area contributed by atoms with Gasteiger partial charge in [0.15, 0.2) is 5.58 Å². The number of anilines is 1. The molecule has 0 radical (unpaired) electrons. The van der Waals surface area contributed by atoms with E-state index in [1.165, 1.54) is 12.1 Å². The van der Waals surface area contributed by atoms with Crippen LogP contribution in [0.25, 0.3) is 11.1 Å². The molecule has 0 unspecified atom stereocenters. The zero-order valence-corrected chi connectivity index (χ0v) is 11.0. The number of thioether (sulfide) groups is 1. The maximum atomic E-state index is 10.6. The van der Waals surface area contributed by atoms with Crippen molar-refractivity contribution < 1.29 is 9.34 Å². The molecule has 2 aromatic rings. The van der Waals surface area contributed by atoms with Crippen molar-refractivity contribution in [3.8, 4) is 0 Å². The van der Waals surface area contributed by atoms with E-state index >= 15 is 0 Å². The Labute approximate surface area is 114 Å². The predicted molar refractivity (Wildman–Crippen MR) is 76.7 cm³/mol. The van der Waals surface area contributed by atoms with Gasteiger partial charge in [0.05, 0.1) is 4.92 Å². The molecule has 0 saturated heterocycles. The summed E-state index contributed by atoms with van der Waals surface area (Å²) in [6.07, 6.45) is 1.85. The molecule has 1 N–H and O–H groups in total. The van der Waals surface area contributed by atoms with E-state index in [1.54, 1.807) is 17.8 Å². The van der Waals surface area contributed by atoms with Gasteiger partial charge in [-0.25, -0.2) is 0 Å². The summed E-state index contributed by atoms with van der Waals surface area (Å²) >= 11 is 1.75. The lowest BCUT2D eigenvalue weighted by atomic mass is 10.3. The minimum atomic E-state index is -0.451. The molecule has 0 fully saturated rings. The molecule has 1 heterocycles. The van der Waals surface area contributed by atoms with Gasteiger partial charge >= 0.3 is 0 Å². The Morgan fingerprint density at radius 2 is 2.42 bits per heavy atom. The van der Waals surface area contributed by atoms with E-state index in [-0.39, 0.29) is 5.69 Å². The van der Waals surface area contributed by atoms with E-state index in [9.17, 15) is 10.1 Å². The van der Waals surface area contributed by atoms with Crippen molar-refractivity contribution in [3.05, 3.63) is 41.0 Å². The average molecular weight is 279 g/mol. The molecule has 2 rings (SSSR count). The summed E-state index contributed by atoms with van der Waals surface area (Å²) in [4.78, 5) is 14.4. The molecule has 0 atom stereocenters. The molecule has 100 valence electrons. The fourth-order valence-corrected chi connectivity index (χ4v) is 2.08. The molecule has 6 nitrogen and oxygen atoms in total. The highest BCUT2D eigenvalue weighted by atomic mass is 32.2. The van der Waals surface area contributed by atoms with E-state index < -0.39 is 4.92 Å². The van der Waals surface area contributed by atoms with Crippen LogP contribution in [-0.2, 0) is 0 Å². The van der Waals surface area contributed by atoms with Crippen LogP contribution in [0.1, 0.15) is 0 Å². The number of fused-ring (bicyclic) bond motifs is 1. The van der Waals surface area contributed by atoms with Crippen molar-refractivity contribution in [2.24, 2.45) is 0 Å². The number of hydrogen-bond donors (Lipinski definition) is 1. The first kappa shape index (κ1) is 13.4. The highest BCUT2D eigenvalue weighted by Crippen LogP contribution is 2.23. The van der Waals surface area contributed by atoms with Crippen molar-refractivity contribution in [2.75, 3.05) is 23.4 Å². The second kappa shape index (κ2) is 6.24. The van der Waals surface area contributed by atoms with Crippen molar-refractivity contribution in [2.45, 2.75) is 0 Å². The number of non-ortho nitro benzene ring substituents is 1. The lowest BCUT2D eigenvalue weighted by Gasteiger charge is -1.99. The Balaban J connectivity index is 2.00. The molecule has 19 heavy (non-hydrogen) atoms. The van der Waals surface area contributed by atoms with E-state index in [2.05, 4.69) is 16.9 Å². The van der Waals surface area contributed by atoms with E-state index in [0.717, 1.165) is 11.5 Å². The minimum Gasteiger partial charge on any atom is -0.424 e. The summed E-state index contributed by atoms with van der Waals surface area (Å²) < 4.78 is 5.44. The van der Waals surface area contributed by atoms with Gasteiger partial charge in [0, 0.05) is 30.2 Å². The van der Waals surface area contributed by atoms with Crippen molar-refractivity contribution in [1.82, 2.24) is 4.98 Å². The first-order valence-corrected chi connectivity index (χ1v) is 6.83. The van der Waals surface area contributed by atoms with Gasteiger partial charge in [-0.2, -0.15) is 16.7 Å². The number of nitro groups is 1. The van der Waals surface area contributed by atoms with Gasteiger partial charge in [0.2, 0.25) is 0 Å². The van der Waals surface area contributed by atoms with Crippen LogP contribution in [0.4, 0.5) is 11.7 Å². The lowest BCUT2D eigenvalue weighted by molar-refractivity contribution is -0.384. The number of hydrogen-bond acceptors (Lipinski definition) is 6. The van der Waals surface area contributed by atoms with Crippen LogP contribution in [0.2, 0.25) is 0 Å². The average Bonchev–Trinajstić information content (AvgIpc) is 2.80. The highest BCUT2D eigenvalue weighted by molar-refractivity contribution is 7.99. The van der Waals surface area contributed by atoms with Gasteiger partial charge in [-0.05, 0) is 6.07 Å². The molecular formula is C12H13N3O3S. The summed E-state index contributed by atoms with van der Waals surface area (Å²) in [7, 11) is 0. The molecule has 0 aliphatic carbocycles. The predicted octanol–water partition coefficient (Wildman–Crippen LogP) is 3.07. The standard InChI is InChI=1S/C12H13N3O3S/c1-2-6-19-7-5-13-12-14-10-8-9(15(16)17)3-4-11(10)18-12/h2-4,8H,1,5-7H2,(H,13,14). The molecule has 0 spiro atoms. The third-order valence-electron chi connectivity index (χ3n) is 2.34. The zero-order chi connectivity index (χ0) is 13.7. The lowest BCUT2D eigenvalue weighted by Crippen LogP contribution is -2.04. The summed E-state index contributed by atoms with van der Waals surface area (Å²) in [6, 6.07) is 4.74. The molecule has 0 aliphatic heterocycles. The Bertz CT molecular complexity index is 597. The number of oxazole rings is 1. The first-order valence-electron chi connectivity index (χ1n) is 5.68. The van der Waals surface area contributed by atoms with E-state index in [0.29, 0.717) is 23.7 Å². The molecule has 0 aliphatic rings. The SMILES string of the molecule is C=CCSCCNc1nc2cc([N+](=O)[O-])ccc2o1. The van der Waals surface area contributed by atoms with Crippen LogP contribution in [-0.4, -0.2) is 28.0 Å². The molecule has 7 heteroatoms. The van der Waals surface area contributed by atoms with Gasteiger partial charge < -0.3 is 9.73 Å². The summed E-state index contributed by atoms with van der Waals surface area (Å²) in [5.41, 5.74) is 1.02. The smallest absolute Gasteiger partial charge is 0.295 e. The zero-order valence-electron chi connectivity index (χ0n) is 10.2. The molecule has 1 aromatic heterocycles. The van der Waals surface area contributed by atoms with Crippen molar-refractivity contribution >= 4 is 34.6 Å². The quantitative estimate of drug-likeness (QED) is 0.363. The van der Waals surface area contributed by atoms with Crippen LogP contribution in [0.15, 0.2) is 35.3 Å². The van der Waals surface area contributed by atoms with E-state index in [4.69, 9.17) is 4.42 Å². The monoisotopic (exact) mass is 279 g/mol. The van der Waals surface area contributed by atoms with Crippen molar-refractivity contribution in [1.29, 1.82) is 0 Å². The van der Waals surface area contributed by atoms with Gasteiger partial charge in [-0.3, -0.25) is 10.1 Å². The van der Waals surface area contributed by atoms with Gasteiger partial charge in [-0.15, -0.1) is 6.58 Å². The number of nitrogens with one attached hydrogen (secondary N) is 1. The Hall–Kier alpha value is -2.02. The van der Waals surface area contributed by atoms with Gasteiger partial charge in [0.25, 0.3) is 11.7 Å². The molecule has 1 aromatic carbocycles. The van der Waals surface area contributed by atoms with Crippen LogP contribution >= 0.6 is 11.8 Å². The minimum absolute atomic E-state index is 0.00823. The summed E-state index contributed by atoms with van der Waals surface area (Å²) in [5.74, 6) is 1.81. The number of nitrogens with zero attached hydrogens (tertiary/aromatic N) is 2. The van der Waals surface area contributed by atoms with Crippen LogP contribution in [0.5, 0.6) is 0 Å². The van der Waals surface area contributed by atoms with E-state index in [1.807, 2.05) is 6.08 Å². The molecule has 0 saturated carbocycles. The molecule has 0 bridgehead atoms. The Morgan fingerprint density at radius 3 is 3.16 bits per heavy atom. The fourth-order valence-electron chi connectivity index (χ4n) is 1.50. The Morgan fingerprint density at radius 1 is 1.58 bits per heavy atom. The summed E-state index contributed by atoms with van der Waals surface area (Å²) in [5, 5.41) is 13.7. The molecular weight excluding hydrogens is 266 g/mol. The van der Waals surface area contributed by atoms with Gasteiger partial charge in [-0.1, -0.05) is 6.08 Å². The van der Waals surface area contributed by atoms with Crippen molar-refractivity contribution in [3.63, 3.8) is 0 Å². The maximum absolute atomic E-state index is 10.6. The number of nitro benzene ring substituents is 1. The number of rotatable bonds is 7. The van der Waals surface area contributed by atoms with Gasteiger partial charge in [0.1, 0.15) is 5.52 Å². The third kappa shape index (κ3) is 3.47. The van der Waals surface area contributed by atoms with Crippen LogP contribution < -0.4 is 5.32 Å². The summed E-state index contributed by atoms with van der Waals surface area (Å²) in [6.45, 7) is 4.36. The van der Waals surface area contributed by atoms with Crippen LogP contribution in [0, 0.1) is 10.1 Å². The first-order chi connectivity index (χ1) is 9.20. The van der Waals surface area contributed by atoms with Crippen LogP contribution in [0.3, 0.4) is 0 Å². The normalized spacial score (nSPS) is 10.5. The second-order valence-corrected chi connectivity index (χ2v) is 4.87. The topological polar surface area (TPSA) is 81.2 Å². The fraction of sp³-hybridized carbons (Fsp3) is 0.250. The number of aromatic nitrogens is 1. The molecule has 0 amide bonds. The maximum Gasteiger partial charge on any atom is 0.295 e.